The molecular formula is C18H22N2. The molecule has 104 valence electrons. The lowest BCUT2D eigenvalue weighted by Gasteiger charge is -2.22. The molecule has 0 saturated heterocycles. The van der Waals surface area contributed by atoms with E-state index in [1.165, 1.54) is 33.5 Å². The zero-order valence-electron chi connectivity index (χ0n) is 12.5. The molecule has 2 aromatic rings. The molecule has 1 aliphatic rings. The van der Waals surface area contributed by atoms with Gasteiger partial charge in [0, 0.05) is 30.0 Å². The van der Waals surface area contributed by atoms with Crippen molar-refractivity contribution in [3.05, 3.63) is 58.1 Å². The molecule has 0 aromatic heterocycles. The van der Waals surface area contributed by atoms with Crippen LogP contribution in [0.15, 0.2) is 30.3 Å². The van der Waals surface area contributed by atoms with Crippen LogP contribution in [0.25, 0.3) is 0 Å². The largest absolute Gasteiger partial charge is 0.398 e. The summed E-state index contributed by atoms with van der Waals surface area (Å²) in [4.78, 5) is 2.45. The fourth-order valence-electron chi connectivity index (χ4n) is 3.34. The van der Waals surface area contributed by atoms with Gasteiger partial charge in [0.1, 0.15) is 0 Å². The molecular weight excluding hydrogens is 244 g/mol. The number of rotatable bonds is 2. The molecule has 2 aromatic carbocycles. The standard InChI is InChI=1S/C18H22N2/c1-12-9-13(2)16(14(3)10-12)11-20-8-7-15-17(19)5-4-6-18(15)20/h4-6,9-10H,7-8,11,19H2,1-3H3. The fourth-order valence-corrected chi connectivity index (χ4v) is 3.34. The number of nitrogens with two attached hydrogens (primary N) is 1. The van der Waals surface area contributed by atoms with Crippen molar-refractivity contribution in [2.75, 3.05) is 17.2 Å². The minimum Gasteiger partial charge on any atom is -0.398 e. The highest BCUT2D eigenvalue weighted by atomic mass is 15.1. The summed E-state index contributed by atoms with van der Waals surface area (Å²) < 4.78 is 0. The van der Waals surface area contributed by atoms with Crippen molar-refractivity contribution in [3.8, 4) is 0 Å². The lowest BCUT2D eigenvalue weighted by atomic mass is 9.99. The van der Waals surface area contributed by atoms with E-state index < -0.39 is 0 Å². The highest BCUT2D eigenvalue weighted by Gasteiger charge is 2.21. The first-order valence-electron chi connectivity index (χ1n) is 7.25. The van der Waals surface area contributed by atoms with Crippen LogP contribution >= 0.6 is 0 Å². The van der Waals surface area contributed by atoms with E-state index in [1.54, 1.807) is 0 Å². The smallest absolute Gasteiger partial charge is 0.0434 e. The molecule has 1 aliphatic heterocycles. The minimum absolute atomic E-state index is 0.933. The van der Waals surface area contributed by atoms with Crippen LogP contribution in [-0.4, -0.2) is 6.54 Å². The molecule has 2 nitrogen and oxygen atoms in total. The summed E-state index contributed by atoms with van der Waals surface area (Å²) in [6.07, 6.45) is 1.06. The molecule has 0 atom stereocenters. The van der Waals surface area contributed by atoms with Crippen LogP contribution in [0.5, 0.6) is 0 Å². The molecule has 0 bridgehead atoms. The molecule has 20 heavy (non-hydrogen) atoms. The third-order valence-corrected chi connectivity index (χ3v) is 4.35. The number of anilines is 2. The van der Waals surface area contributed by atoms with Crippen molar-refractivity contribution in [1.29, 1.82) is 0 Å². The zero-order chi connectivity index (χ0) is 14.3. The van der Waals surface area contributed by atoms with Gasteiger partial charge in [0.05, 0.1) is 0 Å². The maximum Gasteiger partial charge on any atom is 0.0434 e. The highest BCUT2D eigenvalue weighted by molar-refractivity contribution is 5.68. The molecule has 0 saturated carbocycles. The Kier molecular flexibility index (Phi) is 3.17. The summed E-state index contributed by atoms with van der Waals surface area (Å²) in [5.74, 6) is 0. The lowest BCUT2D eigenvalue weighted by Crippen LogP contribution is -2.21. The van der Waals surface area contributed by atoms with Gasteiger partial charge in [-0.3, -0.25) is 0 Å². The predicted octanol–water partition coefficient (Wildman–Crippen LogP) is 3.76. The molecule has 0 radical (unpaired) electrons. The molecule has 0 unspecified atom stereocenters. The van der Waals surface area contributed by atoms with Crippen LogP contribution in [0, 0.1) is 20.8 Å². The first kappa shape index (κ1) is 13.0. The third-order valence-electron chi connectivity index (χ3n) is 4.35. The van der Waals surface area contributed by atoms with E-state index in [9.17, 15) is 0 Å². The van der Waals surface area contributed by atoms with Gasteiger partial charge >= 0.3 is 0 Å². The molecule has 0 aliphatic carbocycles. The van der Waals surface area contributed by atoms with Gasteiger partial charge in [-0.2, -0.15) is 0 Å². The summed E-state index contributed by atoms with van der Waals surface area (Å²) in [7, 11) is 0. The number of hydrogen-bond acceptors (Lipinski definition) is 2. The van der Waals surface area contributed by atoms with Crippen LogP contribution in [0.3, 0.4) is 0 Å². The number of fused-ring (bicyclic) bond motifs is 1. The second-order valence-corrected chi connectivity index (χ2v) is 5.89. The van der Waals surface area contributed by atoms with Crippen LogP contribution in [0.4, 0.5) is 11.4 Å². The number of benzene rings is 2. The van der Waals surface area contributed by atoms with Crippen LogP contribution in [0.2, 0.25) is 0 Å². The number of hydrogen-bond donors (Lipinski definition) is 1. The van der Waals surface area contributed by atoms with Gasteiger partial charge in [0.2, 0.25) is 0 Å². The Morgan fingerprint density at radius 1 is 1.10 bits per heavy atom. The van der Waals surface area contributed by atoms with Gasteiger partial charge in [-0.1, -0.05) is 23.8 Å². The van der Waals surface area contributed by atoms with E-state index in [1.807, 2.05) is 6.07 Å². The number of aryl methyl sites for hydroxylation is 3. The zero-order valence-corrected chi connectivity index (χ0v) is 12.5. The second kappa shape index (κ2) is 4.86. The summed E-state index contributed by atoms with van der Waals surface area (Å²) in [6.45, 7) is 8.64. The van der Waals surface area contributed by atoms with Crippen molar-refractivity contribution >= 4 is 11.4 Å². The average molecular weight is 266 g/mol. The van der Waals surface area contributed by atoms with Crippen molar-refractivity contribution in [1.82, 2.24) is 0 Å². The van der Waals surface area contributed by atoms with Gasteiger partial charge in [0.15, 0.2) is 0 Å². The molecule has 2 heteroatoms. The van der Waals surface area contributed by atoms with Gasteiger partial charge in [-0.25, -0.2) is 0 Å². The topological polar surface area (TPSA) is 29.3 Å². The van der Waals surface area contributed by atoms with Crippen molar-refractivity contribution < 1.29 is 0 Å². The molecule has 1 heterocycles. The first-order valence-corrected chi connectivity index (χ1v) is 7.25. The number of nitrogens with zero attached hydrogens (tertiary/aromatic N) is 1. The van der Waals surface area contributed by atoms with Gasteiger partial charge in [0.25, 0.3) is 0 Å². The molecule has 2 N–H and O–H groups in total. The van der Waals surface area contributed by atoms with Crippen molar-refractivity contribution in [2.45, 2.75) is 33.7 Å². The maximum absolute atomic E-state index is 6.08. The second-order valence-electron chi connectivity index (χ2n) is 5.89. The predicted molar refractivity (Wildman–Crippen MR) is 86.3 cm³/mol. The van der Waals surface area contributed by atoms with E-state index in [0.29, 0.717) is 0 Å². The summed E-state index contributed by atoms with van der Waals surface area (Å²) in [5.41, 5.74) is 15.2. The summed E-state index contributed by atoms with van der Waals surface area (Å²) in [6, 6.07) is 10.8. The Morgan fingerprint density at radius 2 is 1.80 bits per heavy atom. The van der Waals surface area contributed by atoms with E-state index in [2.05, 4.69) is 49.9 Å². The Balaban J connectivity index is 1.94. The first-order chi connectivity index (χ1) is 9.56. The Labute approximate surface area is 121 Å². The maximum atomic E-state index is 6.08. The lowest BCUT2D eigenvalue weighted by molar-refractivity contribution is 0.826. The molecule has 0 fully saturated rings. The van der Waals surface area contributed by atoms with Crippen LogP contribution < -0.4 is 10.6 Å². The van der Waals surface area contributed by atoms with E-state index in [-0.39, 0.29) is 0 Å². The van der Waals surface area contributed by atoms with Crippen LogP contribution in [-0.2, 0) is 13.0 Å². The Bertz CT molecular complexity index is 635. The normalized spacial score (nSPS) is 13.7. The number of nitrogen functional groups attached to an aromatic ring is 1. The van der Waals surface area contributed by atoms with Gasteiger partial charge in [-0.05, 0) is 56.0 Å². The van der Waals surface area contributed by atoms with E-state index >= 15 is 0 Å². The minimum atomic E-state index is 0.933. The van der Waals surface area contributed by atoms with E-state index in [0.717, 1.165) is 25.2 Å². The SMILES string of the molecule is Cc1cc(C)c(CN2CCc3c(N)cccc32)c(C)c1. The third kappa shape index (κ3) is 2.15. The monoisotopic (exact) mass is 266 g/mol. The van der Waals surface area contributed by atoms with Gasteiger partial charge in [-0.15, -0.1) is 0 Å². The molecule has 0 amide bonds. The molecule has 0 spiro atoms. The summed E-state index contributed by atoms with van der Waals surface area (Å²) >= 11 is 0. The fraction of sp³-hybridized carbons (Fsp3) is 0.333. The molecule has 3 rings (SSSR count). The quantitative estimate of drug-likeness (QED) is 0.839. The Morgan fingerprint density at radius 3 is 2.50 bits per heavy atom. The average Bonchev–Trinajstić information content (AvgIpc) is 2.78. The van der Waals surface area contributed by atoms with E-state index in [4.69, 9.17) is 5.73 Å². The summed E-state index contributed by atoms with van der Waals surface area (Å²) in [5, 5.41) is 0. The van der Waals surface area contributed by atoms with Crippen LogP contribution in [0.1, 0.15) is 27.8 Å². The van der Waals surface area contributed by atoms with Gasteiger partial charge < -0.3 is 10.6 Å². The van der Waals surface area contributed by atoms with Crippen molar-refractivity contribution in [2.24, 2.45) is 0 Å². The Hall–Kier alpha value is -1.96. The highest BCUT2D eigenvalue weighted by Crippen LogP contribution is 2.33. The van der Waals surface area contributed by atoms with Crippen molar-refractivity contribution in [3.63, 3.8) is 0 Å².